The van der Waals surface area contributed by atoms with Crippen LogP contribution in [0.1, 0.15) is 34.7 Å². The van der Waals surface area contributed by atoms with Gasteiger partial charge in [0.2, 0.25) is 0 Å². The summed E-state index contributed by atoms with van der Waals surface area (Å²) in [4.78, 5) is 35.1. The van der Waals surface area contributed by atoms with Gasteiger partial charge in [-0.25, -0.2) is 4.98 Å². The highest BCUT2D eigenvalue weighted by molar-refractivity contribution is 6.30. The van der Waals surface area contributed by atoms with Crippen LogP contribution in [0.5, 0.6) is 0 Å². The number of rotatable bonds is 6. The third-order valence-electron chi connectivity index (χ3n) is 7.19. The van der Waals surface area contributed by atoms with Crippen molar-refractivity contribution < 1.29 is 4.79 Å². The van der Waals surface area contributed by atoms with E-state index in [1.807, 2.05) is 104 Å². The Labute approximate surface area is 236 Å². The first-order chi connectivity index (χ1) is 19.5. The summed E-state index contributed by atoms with van der Waals surface area (Å²) in [5, 5.41) is 2.86. The van der Waals surface area contributed by atoms with Gasteiger partial charge in [-0.1, -0.05) is 96.5 Å². The molecule has 0 radical (unpaired) electrons. The van der Waals surface area contributed by atoms with Crippen molar-refractivity contribution in [3.05, 3.63) is 154 Å². The Morgan fingerprint density at radius 3 is 2.30 bits per heavy atom. The third-order valence-corrected chi connectivity index (χ3v) is 7.42. The van der Waals surface area contributed by atoms with Gasteiger partial charge in [0.15, 0.2) is 0 Å². The van der Waals surface area contributed by atoms with Crippen molar-refractivity contribution in [1.82, 2.24) is 14.5 Å². The first-order valence-electron chi connectivity index (χ1n) is 13.1. The number of carbonyl (C=O) groups excluding carboxylic acids is 1. The summed E-state index contributed by atoms with van der Waals surface area (Å²) < 4.78 is 1.58. The highest BCUT2D eigenvalue weighted by atomic mass is 35.5. The molecule has 1 heterocycles. The van der Waals surface area contributed by atoms with Crippen molar-refractivity contribution in [2.45, 2.75) is 19.5 Å². The molecular formula is C34H26ClN3O2. The van der Waals surface area contributed by atoms with E-state index in [1.54, 1.807) is 33.7 Å². The van der Waals surface area contributed by atoms with Crippen LogP contribution in [0.25, 0.3) is 27.4 Å². The molecule has 0 saturated carbocycles. The summed E-state index contributed by atoms with van der Waals surface area (Å²) in [5.74, 6) is 0.309. The second kappa shape index (κ2) is 10.8. The van der Waals surface area contributed by atoms with Gasteiger partial charge in [-0.05, 0) is 59.7 Å². The molecule has 1 amide bonds. The van der Waals surface area contributed by atoms with Gasteiger partial charge in [-0.15, -0.1) is 0 Å². The second-order valence-corrected chi connectivity index (χ2v) is 10.2. The molecule has 5 nitrogen and oxygen atoms in total. The van der Waals surface area contributed by atoms with Gasteiger partial charge in [0.1, 0.15) is 5.82 Å². The highest BCUT2D eigenvalue weighted by Gasteiger charge is 2.29. The summed E-state index contributed by atoms with van der Waals surface area (Å²) in [5.41, 5.74) is 2.52. The second-order valence-electron chi connectivity index (χ2n) is 9.73. The number of hydrogen-bond acceptors (Lipinski definition) is 3. The van der Waals surface area contributed by atoms with Crippen LogP contribution >= 0.6 is 11.6 Å². The predicted molar refractivity (Wildman–Crippen MR) is 161 cm³/mol. The minimum absolute atomic E-state index is 0.145. The number of nitrogens with zero attached hydrogens (tertiary/aromatic N) is 3. The van der Waals surface area contributed by atoms with Crippen LogP contribution in [0.4, 0.5) is 0 Å². The van der Waals surface area contributed by atoms with E-state index in [9.17, 15) is 9.59 Å². The van der Waals surface area contributed by atoms with Crippen molar-refractivity contribution in [2.75, 3.05) is 0 Å². The molecule has 6 rings (SSSR count). The zero-order chi connectivity index (χ0) is 27.6. The van der Waals surface area contributed by atoms with E-state index in [0.29, 0.717) is 39.5 Å². The Kier molecular flexibility index (Phi) is 6.89. The largest absolute Gasteiger partial charge is 0.324 e. The maximum Gasteiger partial charge on any atom is 0.266 e. The lowest BCUT2D eigenvalue weighted by Gasteiger charge is -2.31. The summed E-state index contributed by atoms with van der Waals surface area (Å²) in [7, 11) is 0. The first-order valence-corrected chi connectivity index (χ1v) is 13.5. The van der Waals surface area contributed by atoms with Crippen molar-refractivity contribution in [3.63, 3.8) is 0 Å². The fourth-order valence-corrected chi connectivity index (χ4v) is 5.35. The smallest absolute Gasteiger partial charge is 0.266 e. The monoisotopic (exact) mass is 543 g/mol. The predicted octanol–water partition coefficient (Wildman–Crippen LogP) is 7.60. The fraction of sp³-hybridized carbons (Fsp3) is 0.0882. The van der Waals surface area contributed by atoms with E-state index < -0.39 is 6.04 Å². The van der Waals surface area contributed by atoms with Crippen LogP contribution in [0, 0.1) is 0 Å². The molecule has 1 atom stereocenters. The molecule has 6 aromatic rings. The molecule has 6 heteroatoms. The summed E-state index contributed by atoms with van der Waals surface area (Å²) in [6, 6.07) is 37.3. The van der Waals surface area contributed by atoms with Crippen LogP contribution in [-0.4, -0.2) is 20.4 Å². The lowest BCUT2D eigenvalue weighted by Crippen LogP contribution is -2.37. The van der Waals surface area contributed by atoms with Crippen molar-refractivity contribution in [2.24, 2.45) is 0 Å². The average Bonchev–Trinajstić information content (AvgIpc) is 2.99. The minimum atomic E-state index is -0.567. The average molecular weight is 544 g/mol. The van der Waals surface area contributed by atoms with Crippen molar-refractivity contribution >= 4 is 39.2 Å². The maximum absolute atomic E-state index is 14.4. The summed E-state index contributed by atoms with van der Waals surface area (Å²) in [6.45, 7) is 2.26. The Morgan fingerprint density at radius 2 is 1.50 bits per heavy atom. The van der Waals surface area contributed by atoms with Gasteiger partial charge in [0.25, 0.3) is 11.5 Å². The van der Waals surface area contributed by atoms with Gasteiger partial charge in [-0.3, -0.25) is 14.2 Å². The normalized spacial score (nSPS) is 11.9. The Bertz CT molecular complexity index is 1910. The molecule has 40 heavy (non-hydrogen) atoms. The number of aromatic nitrogens is 2. The van der Waals surface area contributed by atoms with Gasteiger partial charge in [0, 0.05) is 17.1 Å². The summed E-state index contributed by atoms with van der Waals surface area (Å²) in [6.07, 6.45) is 0. The Morgan fingerprint density at radius 1 is 0.825 bits per heavy atom. The highest BCUT2D eigenvalue weighted by Crippen LogP contribution is 2.29. The quantitative estimate of drug-likeness (QED) is 0.217. The lowest BCUT2D eigenvalue weighted by molar-refractivity contribution is 0.0666. The zero-order valence-electron chi connectivity index (χ0n) is 21.9. The number of carbonyl (C=O) groups is 1. The van der Waals surface area contributed by atoms with Crippen molar-refractivity contribution in [3.8, 4) is 5.69 Å². The number of para-hydroxylation sites is 1. The van der Waals surface area contributed by atoms with Gasteiger partial charge in [-0.2, -0.15) is 0 Å². The Balaban J connectivity index is 1.56. The molecule has 1 aromatic heterocycles. The number of hydrogen-bond donors (Lipinski definition) is 0. The van der Waals surface area contributed by atoms with Crippen LogP contribution < -0.4 is 5.56 Å². The minimum Gasteiger partial charge on any atom is -0.324 e. The van der Waals surface area contributed by atoms with E-state index in [4.69, 9.17) is 16.6 Å². The SMILES string of the molecule is CC(c1nc2ccccc2c(=O)n1-c1cccc(Cl)c1)N(Cc1ccccc1)C(=O)c1cccc2ccccc12. The van der Waals surface area contributed by atoms with E-state index in [1.165, 1.54) is 0 Å². The molecule has 0 saturated heterocycles. The van der Waals surface area contributed by atoms with E-state index in [-0.39, 0.29) is 11.5 Å². The zero-order valence-corrected chi connectivity index (χ0v) is 22.6. The number of halogens is 1. The van der Waals surface area contributed by atoms with Gasteiger partial charge < -0.3 is 4.90 Å². The van der Waals surface area contributed by atoms with E-state index >= 15 is 0 Å². The molecule has 0 bridgehead atoms. The van der Waals surface area contributed by atoms with Crippen molar-refractivity contribution in [1.29, 1.82) is 0 Å². The van der Waals surface area contributed by atoms with Gasteiger partial charge in [0.05, 0.1) is 22.6 Å². The summed E-state index contributed by atoms with van der Waals surface area (Å²) >= 11 is 6.35. The van der Waals surface area contributed by atoms with Crippen LogP contribution in [0.3, 0.4) is 0 Å². The standard InChI is InChI=1S/C34H26ClN3O2/c1-23(32-36-31-20-8-7-18-30(31)34(40)38(32)27-16-10-15-26(35)21-27)37(22-24-11-3-2-4-12-24)33(39)29-19-9-14-25-13-5-6-17-28(25)29/h2-21,23H,22H2,1H3. The molecule has 0 fully saturated rings. The van der Waals surface area contributed by atoms with E-state index in [2.05, 4.69) is 0 Å². The number of fused-ring (bicyclic) bond motifs is 2. The molecule has 0 aliphatic rings. The van der Waals surface area contributed by atoms with Crippen LogP contribution in [-0.2, 0) is 6.54 Å². The van der Waals surface area contributed by atoms with Crippen LogP contribution in [0.2, 0.25) is 5.02 Å². The topological polar surface area (TPSA) is 55.2 Å². The lowest BCUT2D eigenvalue weighted by atomic mass is 10.0. The van der Waals surface area contributed by atoms with Crippen LogP contribution in [0.15, 0.2) is 126 Å². The molecule has 0 aliphatic carbocycles. The first kappa shape index (κ1) is 25.5. The van der Waals surface area contributed by atoms with Gasteiger partial charge >= 0.3 is 0 Å². The molecular weight excluding hydrogens is 518 g/mol. The number of amides is 1. The fourth-order valence-electron chi connectivity index (χ4n) is 5.17. The van der Waals surface area contributed by atoms with E-state index in [0.717, 1.165) is 16.3 Å². The maximum atomic E-state index is 14.4. The molecule has 1 unspecified atom stereocenters. The molecule has 0 spiro atoms. The molecule has 0 N–H and O–H groups in total. The molecule has 0 aliphatic heterocycles. The molecule has 196 valence electrons. The molecule has 5 aromatic carbocycles. The number of benzene rings is 5. The third kappa shape index (κ3) is 4.76. The Hall–Kier alpha value is -4.74.